The van der Waals surface area contributed by atoms with Gasteiger partial charge < -0.3 is 15.4 Å². The van der Waals surface area contributed by atoms with Gasteiger partial charge in [0.05, 0.1) is 13.2 Å². The van der Waals surface area contributed by atoms with Gasteiger partial charge in [0.2, 0.25) is 5.91 Å². The number of benzene rings is 1. The highest BCUT2D eigenvalue weighted by atomic mass is 16.5. The van der Waals surface area contributed by atoms with Crippen molar-refractivity contribution >= 4 is 5.91 Å². The molecule has 2 atom stereocenters. The third kappa shape index (κ3) is 2.80. The second-order valence-electron chi connectivity index (χ2n) is 5.41. The summed E-state index contributed by atoms with van der Waals surface area (Å²) in [4.78, 5) is 14.1. The molecule has 1 aliphatic rings. The molecule has 1 saturated heterocycles. The Hall–Kier alpha value is -1.55. The fraction of sp³-hybridized carbons (Fsp3) is 0.562. The van der Waals surface area contributed by atoms with E-state index in [1.54, 1.807) is 7.11 Å². The summed E-state index contributed by atoms with van der Waals surface area (Å²) >= 11 is 0. The highest BCUT2D eigenvalue weighted by Gasteiger charge is 2.31. The molecule has 1 aliphatic heterocycles. The van der Waals surface area contributed by atoms with E-state index in [2.05, 4.69) is 6.07 Å². The van der Waals surface area contributed by atoms with Gasteiger partial charge in [0.1, 0.15) is 5.75 Å². The number of amides is 1. The van der Waals surface area contributed by atoms with Gasteiger partial charge in [0.15, 0.2) is 0 Å². The molecule has 1 heterocycles. The highest BCUT2D eigenvalue weighted by molar-refractivity contribution is 5.77. The zero-order chi connectivity index (χ0) is 14.7. The predicted octanol–water partition coefficient (Wildman–Crippen LogP) is 2.40. The van der Waals surface area contributed by atoms with Gasteiger partial charge in [-0.3, -0.25) is 4.79 Å². The van der Waals surface area contributed by atoms with Crippen molar-refractivity contribution in [2.75, 3.05) is 13.7 Å². The molecule has 20 heavy (non-hydrogen) atoms. The predicted molar refractivity (Wildman–Crippen MR) is 79.7 cm³/mol. The van der Waals surface area contributed by atoms with Crippen LogP contribution in [0.15, 0.2) is 18.2 Å². The number of hydrogen-bond acceptors (Lipinski definition) is 3. The van der Waals surface area contributed by atoms with Crippen LogP contribution in [0, 0.1) is 6.92 Å². The Labute approximate surface area is 120 Å². The van der Waals surface area contributed by atoms with Crippen molar-refractivity contribution in [1.29, 1.82) is 0 Å². The van der Waals surface area contributed by atoms with Gasteiger partial charge >= 0.3 is 0 Å². The summed E-state index contributed by atoms with van der Waals surface area (Å²) in [6, 6.07) is 6.04. The number of ether oxygens (including phenoxy) is 1. The molecule has 0 aromatic heterocycles. The fourth-order valence-electron chi connectivity index (χ4n) is 3.06. The quantitative estimate of drug-likeness (QED) is 0.922. The van der Waals surface area contributed by atoms with Crippen molar-refractivity contribution in [3.05, 3.63) is 29.3 Å². The topological polar surface area (TPSA) is 55.6 Å². The maximum atomic E-state index is 12.2. The molecule has 0 aliphatic carbocycles. The Morgan fingerprint density at radius 1 is 1.45 bits per heavy atom. The van der Waals surface area contributed by atoms with E-state index >= 15 is 0 Å². The van der Waals surface area contributed by atoms with Crippen LogP contribution in [0.3, 0.4) is 0 Å². The number of carbonyl (C=O) groups is 1. The lowest BCUT2D eigenvalue weighted by atomic mass is 9.95. The Kier molecular flexibility index (Phi) is 4.65. The smallest absolute Gasteiger partial charge is 0.223 e. The number of rotatable bonds is 3. The van der Waals surface area contributed by atoms with Gasteiger partial charge in [-0.2, -0.15) is 0 Å². The molecule has 0 radical (unpaired) electrons. The fourth-order valence-corrected chi connectivity index (χ4v) is 3.06. The Bertz CT molecular complexity index is 487. The number of aryl methyl sites for hydroxylation is 1. The molecular weight excluding hydrogens is 252 g/mol. The Balaban J connectivity index is 2.39. The number of carbonyl (C=O) groups excluding carboxylic acids is 1. The van der Waals surface area contributed by atoms with E-state index in [-0.39, 0.29) is 18.0 Å². The normalized spacial score (nSPS) is 23.6. The third-order valence-electron chi connectivity index (χ3n) is 4.09. The summed E-state index contributed by atoms with van der Waals surface area (Å²) in [7, 11) is 1.67. The molecule has 2 unspecified atom stereocenters. The van der Waals surface area contributed by atoms with E-state index < -0.39 is 0 Å². The van der Waals surface area contributed by atoms with Crippen LogP contribution in [-0.2, 0) is 4.79 Å². The van der Waals surface area contributed by atoms with Crippen molar-refractivity contribution < 1.29 is 9.53 Å². The van der Waals surface area contributed by atoms with E-state index in [1.165, 1.54) is 0 Å². The molecule has 1 fully saturated rings. The molecule has 4 nitrogen and oxygen atoms in total. The summed E-state index contributed by atoms with van der Waals surface area (Å²) in [5.41, 5.74) is 8.51. The second-order valence-corrected chi connectivity index (χ2v) is 5.41. The van der Waals surface area contributed by atoms with Crippen LogP contribution in [0.2, 0.25) is 0 Å². The molecule has 0 saturated carbocycles. The van der Waals surface area contributed by atoms with Crippen molar-refractivity contribution in [3.63, 3.8) is 0 Å². The zero-order valence-corrected chi connectivity index (χ0v) is 12.6. The number of likely N-dealkylation sites (N-methyl/N-ethyl adjacent to an activating group) is 1. The van der Waals surface area contributed by atoms with Gasteiger partial charge in [-0.25, -0.2) is 0 Å². The van der Waals surface area contributed by atoms with E-state index in [1.807, 2.05) is 30.9 Å². The van der Waals surface area contributed by atoms with Crippen LogP contribution < -0.4 is 10.5 Å². The van der Waals surface area contributed by atoms with Crippen molar-refractivity contribution in [3.8, 4) is 5.75 Å². The number of nitrogens with zero attached hydrogens (tertiary/aromatic N) is 1. The molecule has 1 amide bonds. The molecule has 4 heteroatoms. The van der Waals surface area contributed by atoms with Crippen LogP contribution in [-0.4, -0.2) is 30.5 Å². The molecule has 0 spiro atoms. The Morgan fingerprint density at radius 3 is 2.80 bits per heavy atom. The van der Waals surface area contributed by atoms with E-state index in [4.69, 9.17) is 10.5 Å². The molecule has 2 N–H and O–H groups in total. The number of hydrogen-bond donors (Lipinski definition) is 1. The SMILES string of the molecule is CCN1C(=O)CCCC(N)C1c1ccc(OC)c(C)c1. The first-order valence-corrected chi connectivity index (χ1v) is 7.28. The molecule has 2 rings (SSSR count). The van der Waals surface area contributed by atoms with Gasteiger partial charge in [-0.15, -0.1) is 0 Å². The average molecular weight is 276 g/mol. The van der Waals surface area contributed by atoms with Crippen molar-refractivity contribution in [1.82, 2.24) is 4.90 Å². The van der Waals surface area contributed by atoms with Crippen LogP contribution in [0.1, 0.15) is 43.4 Å². The van der Waals surface area contributed by atoms with Crippen LogP contribution in [0.4, 0.5) is 0 Å². The number of likely N-dealkylation sites (tertiary alicyclic amines) is 1. The first-order valence-electron chi connectivity index (χ1n) is 7.28. The van der Waals surface area contributed by atoms with Crippen molar-refractivity contribution in [2.45, 2.75) is 45.2 Å². The van der Waals surface area contributed by atoms with Gasteiger partial charge in [-0.05, 0) is 43.9 Å². The summed E-state index contributed by atoms with van der Waals surface area (Å²) in [5.74, 6) is 1.07. The van der Waals surface area contributed by atoms with Crippen LogP contribution >= 0.6 is 0 Å². The first kappa shape index (κ1) is 14.9. The summed E-state index contributed by atoms with van der Waals surface area (Å²) < 4.78 is 5.30. The maximum Gasteiger partial charge on any atom is 0.223 e. The van der Waals surface area contributed by atoms with Gasteiger partial charge in [-0.1, -0.05) is 12.1 Å². The van der Waals surface area contributed by atoms with Crippen molar-refractivity contribution in [2.24, 2.45) is 5.73 Å². The molecule has 0 bridgehead atoms. The minimum Gasteiger partial charge on any atom is -0.496 e. The average Bonchev–Trinajstić information content (AvgIpc) is 2.57. The lowest BCUT2D eigenvalue weighted by Crippen LogP contribution is -2.42. The monoisotopic (exact) mass is 276 g/mol. The number of nitrogens with two attached hydrogens (primary N) is 1. The minimum absolute atomic E-state index is 0.00538. The van der Waals surface area contributed by atoms with E-state index in [9.17, 15) is 4.79 Å². The Morgan fingerprint density at radius 2 is 2.20 bits per heavy atom. The molecular formula is C16H24N2O2. The molecule has 1 aromatic rings. The highest BCUT2D eigenvalue weighted by Crippen LogP contribution is 2.32. The van der Waals surface area contributed by atoms with E-state index in [0.717, 1.165) is 29.7 Å². The van der Waals surface area contributed by atoms with Gasteiger partial charge in [0, 0.05) is 19.0 Å². The standard InChI is InChI=1S/C16H24N2O2/c1-4-18-15(19)7-5-6-13(17)16(18)12-8-9-14(20-3)11(2)10-12/h8-10,13,16H,4-7,17H2,1-3H3. The summed E-state index contributed by atoms with van der Waals surface area (Å²) in [6.45, 7) is 4.73. The second kappa shape index (κ2) is 6.27. The lowest BCUT2D eigenvalue weighted by molar-refractivity contribution is -0.133. The maximum absolute atomic E-state index is 12.2. The first-order chi connectivity index (χ1) is 9.58. The van der Waals surface area contributed by atoms with Gasteiger partial charge in [0.25, 0.3) is 0 Å². The molecule has 110 valence electrons. The van der Waals surface area contributed by atoms with Crippen LogP contribution in [0.25, 0.3) is 0 Å². The minimum atomic E-state index is -0.0281. The third-order valence-corrected chi connectivity index (χ3v) is 4.09. The van der Waals surface area contributed by atoms with E-state index in [0.29, 0.717) is 13.0 Å². The number of methoxy groups -OCH3 is 1. The summed E-state index contributed by atoms with van der Waals surface area (Å²) in [6.07, 6.45) is 2.37. The summed E-state index contributed by atoms with van der Waals surface area (Å²) in [5, 5.41) is 0. The zero-order valence-electron chi connectivity index (χ0n) is 12.6. The lowest BCUT2D eigenvalue weighted by Gasteiger charge is -2.33. The largest absolute Gasteiger partial charge is 0.496 e. The molecule has 1 aromatic carbocycles. The van der Waals surface area contributed by atoms with Crippen LogP contribution in [0.5, 0.6) is 5.75 Å².